The Morgan fingerprint density at radius 2 is 2.00 bits per heavy atom. The van der Waals surface area contributed by atoms with Crippen LogP contribution < -0.4 is 5.32 Å². The van der Waals surface area contributed by atoms with Gasteiger partial charge in [0.25, 0.3) is 0 Å². The van der Waals surface area contributed by atoms with Gasteiger partial charge >= 0.3 is 0 Å². The fourth-order valence-electron chi connectivity index (χ4n) is 3.27. The van der Waals surface area contributed by atoms with E-state index < -0.39 is 0 Å². The number of fused-ring (bicyclic) bond motifs is 3. The summed E-state index contributed by atoms with van der Waals surface area (Å²) in [5.41, 5.74) is 5.20. The normalized spacial score (nSPS) is 12.6. The number of carbonyl (C=O) groups is 1. The molecule has 5 nitrogen and oxygen atoms in total. The highest BCUT2D eigenvalue weighted by molar-refractivity contribution is 8.00. The van der Waals surface area contributed by atoms with E-state index in [1.54, 1.807) is 11.3 Å². The van der Waals surface area contributed by atoms with Crippen molar-refractivity contribution in [3.8, 4) is 0 Å². The Balaban J connectivity index is 1.64. The average molecular weight is 411 g/mol. The first-order valence-corrected chi connectivity index (χ1v) is 11.0. The third-order valence-corrected chi connectivity index (χ3v) is 7.02. The molecule has 0 aliphatic carbocycles. The molecular formula is C21H22N4OS2. The summed E-state index contributed by atoms with van der Waals surface area (Å²) in [6.45, 7) is 8.01. The smallest absolute Gasteiger partial charge is 0.237 e. The lowest BCUT2D eigenvalue weighted by Gasteiger charge is -2.16. The van der Waals surface area contributed by atoms with Crippen LogP contribution in [0.2, 0.25) is 0 Å². The Labute approximate surface area is 172 Å². The van der Waals surface area contributed by atoms with Crippen LogP contribution in [-0.2, 0) is 4.79 Å². The van der Waals surface area contributed by atoms with Crippen LogP contribution in [-0.4, -0.2) is 25.8 Å². The van der Waals surface area contributed by atoms with Gasteiger partial charge in [-0.1, -0.05) is 30.8 Å². The van der Waals surface area contributed by atoms with Crippen molar-refractivity contribution in [1.29, 1.82) is 0 Å². The Hall–Kier alpha value is -2.38. The lowest BCUT2D eigenvalue weighted by Crippen LogP contribution is -2.25. The maximum atomic E-state index is 13.0. The van der Waals surface area contributed by atoms with Gasteiger partial charge in [0.1, 0.15) is 10.9 Å². The molecule has 0 spiro atoms. The maximum Gasteiger partial charge on any atom is 0.237 e. The number of aromatic nitrogens is 3. The summed E-state index contributed by atoms with van der Waals surface area (Å²) in [7, 11) is 0. The number of aryl methyl sites for hydroxylation is 3. The van der Waals surface area contributed by atoms with Crippen LogP contribution >= 0.6 is 23.1 Å². The van der Waals surface area contributed by atoms with E-state index in [1.807, 2.05) is 45.9 Å². The summed E-state index contributed by atoms with van der Waals surface area (Å²) in [5, 5.41) is 14.5. The third kappa shape index (κ3) is 3.40. The topological polar surface area (TPSA) is 59.3 Å². The van der Waals surface area contributed by atoms with Crippen molar-refractivity contribution >= 4 is 50.4 Å². The number of hydrogen-bond acceptors (Lipinski definition) is 5. The van der Waals surface area contributed by atoms with Gasteiger partial charge in [-0.2, -0.15) is 0 Å². The number of hydrogen-bond donors (Lipinski definition) is 1. The van der Waals surface area contributed by atoms with Gasteiger partial charge in [0.05, 0.1) is 21.0 Å². The van der Waals surface area contributed by atoms with Crippen molar-refractivity contribution in [3.05, 3.63) is 52.7 Å². The van der Waals surface area contributed by atoms with Gasteiger partial charge in [0.2, 0.25) is 5.91 Å². The fourth-order valence-corrected chi connectivity index (χ4v) is 5.03. The summed E-state index contributed by atoms with van der Waals surface area (Å²) in [6, 6.07) is 10.3. The zero-order valence-electron chi connectivity index (χ0n) is 16.3. The average Bonchev–Trinajstić information content (AvgIpc) is 3.25. The van der Waals surface area contributed by atoms with Gasteiger partial charge in [0, 0.05) is 5.69 Å². The van der Waals surface area contributed by atoms with E-state index >= 15 is 0 Å². The predicted octanol–water partition coefficient (Wildman–Crippen LogP) is 5.38. The predicted molar refractivity (Wildman–Crippen MR) is 118 cm³/mol. The zero-order valence-corrected chi connectivity index (χ0v) is 17.9. The molecule has 7 heteroatoms. The first kappa shape index (κ1) is 19.0. The third-order valence-electron chi connectivity index (χ3n) is 4.82. The standard InChI is InChI=1S/C21H22N4OS2/c1-5-18(20(26)22-15-10-12(2)6-7-13(15)3)28-21-17-11-19-16(8-9-27-19)25(17)14(4)23-24-21/h6-11,18H,5H2,1-4H3,(H,22,26). The van der Waals surface area contributed by atoms with E-state index in [2.05, 4.69) is 37.4 Å². The molecule has 0 saturated carbocycles. The highest BCUT2D eigenvalue weighted by Gasteiger charge is 2.22. The molecular weight excluding hydrogens is 388 g/mol. The molecule has 3 heterocycles. The quantitative estimate of drug-likeness (QED) is 0.449. The monoisotopic (exact) mass is 410 g/mol. The number of amides is 1. The number of carbonyl (C=O) groups excluding carboxylic acids is 1. The molecule has 1 N–H and O–H groups in total. The number of nitrogens with one attached hydrogen (secondary N) is 1. The fraction of sp³-hybridized carbons (Fsp3) is 0.286. The molecule has 3 aromatic heterocycles. The minimum absolute atomic E-state index is 0.00454. The van der Waals surface area contributed by atoms with Crippen LogP contribution in [0.3, 0.4) is 0 Å². The van der Waals surface area contributed by atoms with Gasteiger partial charge in [-0.05, 0) is 61.9 Å². The molecule has 1 aromatic carbocycles. The first-order valence-electron chi connectivity index (χ1n) is 9.24. The molecule has 0 saturated heterocycles. The highest BCUT2D eigenvalue weighted by atomic mass is 32.2. The van der Waals surface area contributed by atoms with E-state index in [9.17, 15) is 4.79 Å². The van der Waals surface area contributed by atoms with Crippen LogP contribution in [0, 0.1) is 20.8 Å². The van der Waals surface area contributed by atoms with Gasteiger partial charge in [-0.3, -0.25) is 9.20 Å². The van der Waals surface area contributed by atoms with Crippen molar-refractivity contribution in [2.24, 2.45) is 0 Å². The molecule has 0 aliphatic heterocycles. The molecule has 4 rings (SSSR count). The number of anilines is 1. The lowest BCUT2D eigenvalue weighted by atomic mass is 10.1. The molecule has 0 bridgehead atoms. The molecule has 28 heavy (non-hydrogen) atoms. The maximum absolute atomic E-state index is 13.0. The summed E-state index contributed by atoms with van der Waals surface area (Å²) in [5.74, 6) is 0.843. The molecule has 1 unspecified atom stereocenters. The summed E-state index contributed by atoms with van der Waals surface area (Å²) in [4.78, 5) is 13.0. The minimum Gasteiger partial charge on any atom is -0.325 e. The summed E-state index contributed by atoms with van der Waals surface area (Å²) in [6.07, 6.45) is 0.707. The number of nitrogens with zero attached hydrogens (tertiary/aromatic N) is 3. The Kier molecular flexibility index (Phi) is 5.12. The SMILES string of the molecule is CCC(Sc1nnc(C)n2c1cc1sccc12)C(=O)Nc1cc(C)ccc1C. The van der Waals surface area contributed by atoms with E-state index in [1.165, 1.54) is 16.5 Å². The second kappa shape index (κ2) is 7.56. The lowest BCUT2D eigenvalue weighted by molar-refractivity contribution is -0.115. The summed E-state index contributed by atoms with van der Waals surface area (Å²) < 4.78 is 3.32. The van der Waals surface area contributed by atoms with Crippen molar-refractivity contribution in [1.82, 2.24) is 14.6 Å². The van der Waals surface area contributed by atoms with Crippen molar-refractivity contribution in [2.75, 3.05) is 5.32 Å². The Bertz CT molecular complexity index is 1180. The molecule has 0 fully saturated rings. The van der Waals surface area contributed by atoms with E-state index in [-0.39, 0.29) is 11.2 Å². The molecule has 4 aromatic rings. The van der Waals surface area contributed by atoms with Crippen molar-refractivity contribution in [2.45, 2.75) is 44.4 Å². The summed E-state index contributed by atoms with van der Waals surface area (Å²) >= 11 is 3.18. The second-order valence-corrected chi connectivity index (χ2v) is 9.05. The van der Waals surface area contributed by atoms with Gasteiger partial charge in [0.15, 0.2) is 0 Å². The van der Waals surface area contributed by atoms with Gasteiger partial charge in [-0.25, -0.2) is 0 Å². The first-order chi connectivity index (χ1) is 13.5. The highest BCUT2D eigenvalue weighted by Crippen LogP contribution is 2.33. The van der Waals surface area contributed by atoms with E-state index in [0.29, 0.717) is 6.42 Å². The van der Waals surface area contributed by atoms with Crippen LogP contribution in [0.5, 0.6) is 0 Å². The Morgan fingerprint density at radius 1 is 1.18 bits per heavy atom. The number of thioether (sulfide) groups is 1. The minimum atomic E-state index is -0.242. The van der Waals surface area contributed by atoms with Crippen LogP contribution in [0.4, 0.5) is 5.69 Å². The van der Waals surface area contributed by atoms with Gasteiger partial charge < -0.3 is 5.32 Å². The van der Waals surface area contributed by atoms with Crippen LogP contribution in [0.25, 0.3) is 15.7 Å². The number of benzene rings is 1. The van der Waals surface area contributed by atoms with E-state index in [0.717, 1.165) is 38.7 Å². The molecule has 1 amide bonds. The number of thiophene rings is 1. The van der Waals surface area contributed by atoms with Crippen LogP contribution in [0.15, 0.2) is 40.7 Å². The molecule has 0 radical (unpaired) electrons. The Morgan fingerprint density at radius 3 is 2.79 bits per heavy atom. The largest absolute Gasteiger partial charge is 0.325 e. The number of rotatable bonds is 5. The van der Waals surface area contributed by atoms with Gasteiger partial charge in [-0.15, -0.1) is 21.5 Å². The van der Waals surface area contributed by atoms with Crippen molar-refractivity contribution < 1.29 is 4.79 Å². The second-order valence-electron chi connectivity index (χ2n) is 6.91. The zero-order chi connectivity index (χ0) is 19.8. The van der Waals surface area contributed by atoms with E-state index in [4.69, 9.17) is 0 Å². The van der Waals surface area contributed by atoms with Crippen molar-refractivity contribution in [3.63, 3.8) is 0 Å². The molecule has 144 valence electrons. The molecule has 0 aliphatic rings. The molecule has 1 atom stereocenters. The van der Waals surface area contributed by atoms with Crippen LogP contribution in [0.1, 0.15) is 30.3 Å².